The molecule has 5 rings (SSSR count). The number of likely N-dealkylation sites (tertiary alicyclic amines) is 1. The predicted molar refractivity (Wildman–Crippen MR) is 96.5 cm³/mol. The third-order valence-corrected chi connectivity index (χ3v) is 5.55. The van der Waals surface area contributed by atoms with Gasteiger partial charge < -0.3 is 9.42 Å². The topological polar surface area (TPSA) is 85.0 Å². The van der Waals surface area contributed by atoms with Gasteiger partial charge in [-0.2, -0.15) is 4.98 Å². The summed E-state index contributed by atoms with van der Waals surface area (Å²) in [6.45, 7) is 1.85. The second-order valence-corrected chi connectivity index (χ2v) is 7.25. The van der Waals surface area contributed by atoms with E-state index in [0.717, 1.165) is 30.5 Å². The monoisotopic (exact) mass is 361 g/mol. The number of nitrogens with zero attached hydrogens (tertiary/aromatic N) is 5. The van der Waals surface area contributed by atoms with Gasteiger partial charge in [-0.05, 0) is 32.1 Å². The average molecular weight is 361 g/mol. The molecular formula is C20H19N5O2. The maximum absolute atomic E-state index is 13.1. The minimum Gasteiger partial charge on any atom is -0.337 e. The normalized spacial score (nSPS) is 23.7. The number of amides is 1. The van der Waals surface area contributed by atoms with Crippen LogP contribution in [-0.4, -0.2) is 37.0 Å². The molecule has 1 amide bonds. The van der Waals surface area contributed by atoms with Gasteiger partial charge in [-0.25, -0.2) is 4.98 Å². The van der Waals surface area contributed by atoms with Gasteiger partial charge in [-0.15, -0.1) is 0 Å². The molecule has 0 spiro atoms. The number of carbonyl (C=O) groups excluding carboxylic acids is 1. The molecule has 1 aliphatic carbocycles. The van der Waals surface area contributed by atoms with E-state index in [0.29, 0.717) is 23.3 Å². The van der Waals surface area contributed by atoms with Crippen LogP contribution in [0, 0.1) is 12.8 Å². The summed E-state index contributed by atoms with van der Waals surface area (Å²) in [6, 6.07) is 9.72. The van der Waals surface area contributed by atoms with Crippen molar-refractivity contribution in [3.05, 3.63) is 60.0 Å². The van der Waals surface area contributed by atoms with E-state index in [1.807, 2.05) is 42.2 Å². The van der Waals surface area contributed by atoms with Crippen LogP contribution in [0.25, 0.3) is 11.4 Å². The van der Waals surface area contributed by atoms with Crippen molar-refractivity contribution in [3.8, 4) is 11.4 Å². The number of hydrogen-bond donors (Lipinski definition) is 0. The molecule has 3 heterocycles. The van der Waals surface area contributed by atoms with Crippen molar-refractivity contribution >= 4 is 5.91 Å². The highest BCUT2D eigenvalue weighted by Crippen LogP contribution is 2.50. The average Bonchev–Trinajstić information content (AvgIpc) is 3.44. The van der Waals surface area contributed by atoms with Gasteiger partial charge in [0, 0.05) is 17.8 Å². The van der Waals surface area contributed by atoms with Crippen molar-refractivity contribution in [1.29, 1.82) is 0 Å². The van der Waals surface area contributed by atoms with Crippen LogP contribution in [0.2, 0.25) is 0 Å². The van der Waals surface area contributed by atoms with Crippen LogP contribution in [0.3, 0.4) is 0 Å². The van der Waals surface area contributed by atoms with Crippen molar-refractivity contribution in [3.63, 3.8) is 0 Å². The Kier molecular flexibility index (Phi) is 3.74. The standard InChI is InChI=1S/C20H19N5O2/c1-12-10-22-16(11-21-12)20(26)25-15-8-7-14(9-15)17(25)19-23-18(24-27-19)13-5-3-2-4-6-13/h2-6,10-11,14-15,17H,7-9H2,1H3/t14-,15+,17-/m0/s1. The molecule has 0 N–H and O–H groups in total. The van der Waals surface area contributed by atoms with E-state index in [1.54, 1.807) is 12.4 Å². The van der Waals surface area contributed by atoms with Gasteiger partial charge in [0.25, 0.3) is 5.91 Å². The highest BCUT2D eigenvalue weighted by atomic mass is 16.5. The third kappa shape index (κ3) is 2.70. The molecule has 7 nitrogen and oxygen atoms in total. The van der Waals surface area contributed by atoms with Crippen molar-refractivity contribution < 1.29 is 9.32 Å². The van der Waals surface area contributed by atoms with E-state index >= 15 is 0 Å². The summed E-state index contributed by atoms with van der Waals surface area (Å²) in [5.41, 5.74) is 2.05. The van der Waals surface area contributed by atoms with E-state index in [4.69, 9.17) is 4.52 Å². The summed E-state index contributed by atoms with van der Waals surface area (Å²) in [5, 5.41) is 4.14. The van der Waals surface area contributed by atoms with Gasteiger partial charge in [-0.3, -0.25) is 9.78 Å². The van der Waals surface area contributed by atoms with Gasteiger partial charge in [0.05, 0.1) is 11.9 Å². The predicted octanol–water partition coefficient (Wildman–Crippen LogP) is 3.20. The van der Waals surface area contributed by atoms with Crippen molar-refractivity contribution in [2.24, 2.45) is 5.92 Å². The van der Waals surface area contributed by atoms with E-state index in [9.17, 15) is 4.79 Å². The second-order valence-electron chi connectivity index (χ2n) is 7.25. The first-order valence-corrected chi connectivity index (χ1v) is 9.21. The lowest BCUT2D eigenvalue weighted by Gasteiger charge is -2.32. The third-order valence-electron chi connectivity index (χ3n) is 5.55. The number of hydrogen-bond acceptors (Lipinski definition) is 6. The number of rotatable bonds is 3. The van der Waals surface area contributed by atoms with Gasteiger partial charge in [0.1, 0.15) is 11.7 Å². The Bertz CT molecular complexity index is 970. The van der Waals surface area contributed by atoms with Crippen LogP contribution >= 0.6 is 0 Å². The van der Waals surface area contributed by atoms with Crippen LogP contribution in [0.5, 0.6) is 0 Å². The number of benzene rings is 1. The summed E-state index contributed by atoms with van der Waals surface area (Å²) in [4.78, 5) is 28.1. The second kappa shape index (κ2) is 6.26. The maximum atomic E-state index is 13.1. The van der Waals surface area contributed by atoms with Crippen LogP contribution in [-0.2, 0) is 0 Å². The Morgan fingerprint density at radius 3 is 2.78 bits per heavy atom. The van der Waals surface area contributed by atoms with Gasteiger partial charge >= 0.3 is 0 Å². The molecule has 27 heavy (non-hydrogen) atoms. The lowest BCUT2D eigenvalue weighted by molar-refractivity contribution is 0.0532. The molecule has 1 aromatic carbocycles. The first-order valence-electron chi connectivity index (χ1n) is 9.21. The fourth-order valence-electron chi connectivity index (χ4n) is 4.29. The Hall–Kier alpha value is -3.09. The van der Waals surface area contributed by atoms with Gasteiger partial charge in [-0.1, -0.05) is 35.5 Å². The summed E-state index contributed by atoms with van der Waals surface area (Å²) in [5.74, 6) is 1.30. The molecule has 2 aromatic heterocycles. The summed E-state index contributed by atoms with van der Waals surface area (Å²) >= 11 is 0. The highest BCUT2D eigenvalue weighted by molar-refractivity contribution is 5.92. The van der Waals surface area contributed by atoms with E-state index in [-0.39, 0.29) is 18.0 Å². The van der Waals surface area contributed by atoms with E-state index in [2.05, 4.69) is 20.1 Å². The lowest BCUT2D eigenvalue weighted by Crippen LogP contribution is -2.40. The maximum Gasteiger partial charge on any atom is 0.274 e. The Labute approximate surface area is 156 Å². The fourth-order valence-corrected chi connectivity index (χ4v) is 4.29. The molecule has 1 saturated heterocycles. The number of fused-ring (bicyclic) bond motifs is 2. The summed E-state index contributed by atoms with van der Waals surface area (Å²) in [6.07, 6.45) is 6.22. The minimum atomic E-state index is -0.190. The molecule has 0 unspecified atom stereocenters. The summed E-state index contributed by atoms with van der Waals surface area (Å²) < 4.78 is 5.60. The SMILES string of the molecule is Cc1cnc(C(=O)N2[C@@H]3CC[C@@H](C3)[C@H]2c2nc(-c3ccccc3)no2)cn1. The van der Waals surface area contributed by atoms with E-state index in [1.165, 1.54) is 0 Å². The zero-order chi connectivity index (χ0) is 18.4. The Balaban J connectivity index is 1.48. The number of aromatic nitrogens is 4. The molecule has 2 bridgehead atoms. The zero-order valence-corrected chi connectivity index (χ0v) is 14.9. The smallest absolute Gasteiger partial charge is 0.274 e. The first kappa shape index (κ1) is 16.1. The molecule has 2 aliphatic rings. The molecular weight excluding hydrogens is 342 g/mol. The van der Waals surface area contributed by atoms with Crippen LogP contribution in [0.1, 0.15) is 47.4 Å². The van der Waals surface area contributed by atoms with Crippen LogP contribution in [0.4, 0.5) is 0 Å². The van der Waals surface area contributed by atoms with E-state index < -0.39 is 0 Å². The quantitative estimate of drug-likeness (QED) is 0.712. The van der Waals surface area contributed by atoms with Crippen molar-refractivity contribution in [2.75, 3.05) is 0 Å². The molecule has 1 saturated carbocycles. The Morgan fingerprint density at radius 2 is 2.00 bits per heavy atom. The molecule has 1 aliphatic heterocycles. The highest BCUT2D eigenvalue weighted by Gasteiger charge is 2.51. The largest absolute Gasteiger partial charge is 0.337 e. The zero-order valence-electron chi connectivity index (χ0n) is 14.9. The lowest BCUT2D eigenvalue weighted by atomic mass is 9.98. The van der Waals surface area contributed by atoms with Crippen LogP contribution < -0.4 is 0 Å². The molecule has 136 valence electrons. The number of aryl methyl sites for hydroxylation is 1. The van der Waals surface area contributed by atoms with Gasteiger partial charge in [0.2, 0.25) is 11.7 Å². The van der Waals surface area contributed by atoms with Crippen molar-refractivity contribution in [2.45, 2.75) is 38.3 Å². The van der Waals surface area contributed by atoms with Crippen molar-refractivity contribution in [1.82, 2.24) is 25.0 Å². The van der Waals surface area contributed by atoms with Crippen LogP contribution in [0.15, 0.2) is 47.2 Å². The van der Waals surface area contributed by atoms with Gasteiger partial charge in [0.15, 0.2) is 0 Å². The number of carbonyl (C=O) groups is 1. The first-order chi connectivity index (χ1) is 13.2. The molecule has 3 aromatic rings. The molecule has 0 radical (unpaired) electrons. The molecule has 7 heteroatoms. The fraction of sp³-hybridized carbons (Fsp3) is 0.350. The minimum absolute atomic E-state index is 0.112. The Morgan fingerprint density at radius 1 is 1.15 bits per heavy atom. The molecule has 2 fully saturated rings. The summed E-state index contributed by atoms with van der Waals surface area (Å²) in [7, 11) is 0. The number of piperidine rings is 1. The molecule has 3 atom stereocenters.